The van der Waals surface area contributed by atoms with E-state index in [1.165, 1.54) is 36.0 Å². The number of rotatable bonds is 15. The number of hydrogen-bond acceptors (Lipinski definition) is 3. The van der Waals surface area contributed by atoms with E-state index in [0.29, 0.717) is 5.92 Å². The molecule has 2 rings (SSSR count). The maximum absolute atomic E-state index is 12.4. The zero-order valence-corrected chi connectivity index (χ0v) is 22.3. The minimum atomic E-state index is -0.0447. The highest BCUT2D eigenvalue weighted by molar-refractivity contribution is 5.88. The van der Waals surface area contributed by atoms with Crippen molar-refractivity contribution in [3.05, 3.63) is 77.6 Å². The number of aryl methyl sites for hydroxylation is 1. The summed E-state index contributed by atoms with van der Waals surface area (Å²) >= 11 is 0. The Morgan fingerprint density at radius 3 is 2.43 bits per heavy atom. The van der Waals surface area contributed by atoms with Crippen molar-refractivity contribution in [2.75, 3.05) is 7.11 Å². The minimum Gasteiger partial charge on any atom is -0.497 e. The number of aromatic nitrogens is 1. The molecule has 2 aromatic rings. The lowest BCUT2D eigenvalue weighted by molar-refractivity contribution is -0.117. The van der Waals surface area contributed by atoms with Crippen molar-refractivity contribution >= 4 is 11.5 Å². The topological polar surface area (TPSA) is 51.2 Å². The summed E-state index contributed by atoms with van der Waals surface area (Å²) in [5.41, 5.74) is 4.81. The Balaban J connectivity index is 1.85. The normalized spacial score (nSPS) is 12.8. The fourth-order valence-corrected chi connectivity index (χ4v) is 4.02. The van der Waals surface area contributed by atoms with Crippen LogP contribution in [0.4, 0.5) is 0 Å². The first-order valence-electron chi connectivity index (χ1n) is 13.2. The van der Waals surface area contributed by atoms with E-state index in [0.717, 1.165) is 43.5 Å². The van der Waals surface area contributed by atoms with E-state index >= 15 is 0 Å². The van der Waals surface area contributed by atoms with Gasteiger partial charge in [0.25, 0.3) is 0 Å². The fraction of sp³-hybridized carbons (Fsp3) is 0.484. The average molecular weight is 477 g/mol. The van der Waals surface area contributed by atoms with Crippen LogP contribution in [-0.4, -0.2) is 24.0 Å². The van der Waals surface area contributed by atoms with Crippen LogP contribution >= 0.6 is 0 Å². The van der Waals surface area contributed by atoms with Crippen LogP contribution in [0.25, 0.3) is 5.57 Å². The van der Waals surface area contributed by atoms with E-state index < -0.39 is 0 Å². The predicted molar refractivity (Wildman–Crippen MR) is 148 cm³/mol. The van der Waals surface area contributed by atoms with Gasteiger partial charge in [-0.15, -0.1) is 0 Å². The van der Waals surface area contributed by atoms with Gasteiger partial charge in [-0.3, -0.25) is 9.78 Å². The lowest BCUT2D eigenvalue weighted by Crippen LogP contribution is -2.31. The van der Waals surface area contributed by atoms with Gasteiger partial charge in [0.15, 0.2) is 0 Å². The van der Waals surface area contributed by atoms with Gasteiger partial charge in [-0.25, -0.2) is 0 Å². The number of benzene rings is 1. The molecule has 4 heteroatoms. The van der Waals surface area contributed by atoms with Crippen LogP contribution in [-0.2, 0) is 11.2 Å². The molecular weight excluding hydrogens is 432 g/mol. The van der Waals surface area contributed by atoms with Crippen LogP contribution < -0.4 is 10.1 Å². The van der Waals surface area contributed by atoms with Crippen molar-refractivity contribution in [2.45, 2.75) is 91.0 Å². The largest absolute Gasteiger partial charge is 0.497 e. The second kappa shape index (κ2) is 15.9. The molecule has 1 amide bonds. The molecule has 190 valence electrons. The Labute approximate surface area is 212 Å². The number of allylic oxidation sites excluding steroid dienone is 3. The molecule has 0 aliphatic heterocycles. The molecule has 4 nitrogen and oxygen atoms in total. The zero-order valence-electron chi connectivity index (χ0n) is 22.3. The number of amides is 1. The van der Waals surface area contributed by atoms with Gasteiger partial charge >= 0.3 is 0 Å². The summed E-state index contributed by atoms with van der Waals surface area (Å²) in [5, 5.41) is 3.09. The number of carbonyl (C=O) groups is 1. The molecule has 0 spiro atoms. The molecule has 0 bridgehead atoms. The van der Waals surface area contributed by atoms with Gasteiger partial charge in [0.2, 0.25) is 5.91 Å². The number of unbranched alkanes of at least 4 members (excludes halogenated alkanes) is 3. The molecule has 1 N–H and O–H groups in total. The Hall–Kier alpha value is -2.88. The van der Waals surface area contributed by atoms with E-state index in [1.54, 1.807) is 13.2 Å². The summed E-state index contributed by atoms with van der Waals surface area (Å²) < 4.78 is 5.29. The van der Waals surface area contributed by atoms with Crippen molar-refractivity contribution in [1.29, 1.82) is 0 Å². The summed E-state index contributed by atoms with van der Waals surface area (Å²) in [6.07, 6.45) is 16.4. The van der Waals surface area contributed by atoms with E-state index in [-0.39, 0.29) is 11.9 Å². The third-order valence-electron chi connectivity index (χ3n) is 6.24. The van der Waals surface area contributed by atoms with Crippen molar-refractivity contribution < 1.29 is 9.53 Å². The Morgan fingerprint density at radius 2 is 1.80 bits per heavy atom. The van der Waals surface area contributed by atoms with Crippen molar-refractivity contribution in [3.63, 3.8) is 0 Å². The van der Waals surface area contributed by atoms with E-state index in [9.17, 15) is 4.79 Å². The number of carbonyl (C=O) groups excluding carboxylic acids is 1. The Kier molecular flexibility index (Phi) is 12.9. The van der Waals surface area contributed by atoms with Gasteiger partial charge < -0.3 is 10.1 Å². The molecule has 0 saturated heterocycles. The van der Waals surface area contributed by atoms with Gasteiger partial charge in [-0.05, 0) is 79.8 Å². The highest BCUT2D eigenvalue weighted by atomic mass is 16.5. The molecule has 1 heterocycles. The summed E-state index contributed by atoms with van der Waals surface area (Å²) in [6, 6.07) is 12.6. The Morgan fingerprint density at radius 1 is 1.03 bits per heavy atom. The van der Waals surface area contributed by atoms with Crippen LogP contribution in [0.5, 0.6) is 5.75 Å². The molecule has 0 fully saturated rings. The summed E-state index contributed by atoms with van der Waals surface area (Å²) in [6.45, 7) is 8.61. The molecule has 1 atom stereocenters. The molecule has 0 saturated carbocycles. The van der Waals surface area contributed by atoms with Crippen LogP contribution in [0.15, 0.2) is 60.8 Å². The van der Waals surface area contributed by atoms with E-state index in [2.05, 4.69) is 68.3 Å². The number of nitrogens with zero attached hydrogens (tertiary/aromatic N) is 1. The average Bonchev–Trinajstić information content (AvgIpc) is 2.86. The molecule has 1 aromatic carbocycles. The van der Waals surface area contributed by atoms with Crippen molar-refractivity contribution in [3.8, 4) is 5.75 Å². The zero-order chi connectivity index (χ0) is 25.5. The van der Waals surface area contributed by atoms with Crippen molar-refractivity contribution in [1.82, 2.24) is 10.3 Å². The molecule has 0 unspecified atom stereocenters. The van der Waals surface area contributed by atoms with E-state index in [1.807, 2.05) is 24.4 Å². The number of ether oxygens (including phenoxy) is 1. The number of pyridine rings is 1. The van der Waals surface area contributed by atoms with Crippen LogP contribution in [0.2, 0.25) is 0 Å². The third kappa shape index (κ3) is 10.9. The number of nitrogens with one attached hydrogen (secondary N) is 1. The Bertz CT molecular complexity index is 927. The quantitative estimate of drug-likeness (QED) is 0.163. The third-order valence-corrected chi connectivity index (χ3v) is 6.24. The maximum Gasteiger partial charge on any atom is 0.244 e. The molecule has 1 aromatic heterocycles. The second-order valence-corrected chi connectivity index (χ2v) is 9.64. The van der Waals surface area contributed by atoms with Gasteiger partial charge in [-0.2, -0.15) is 0 Å². The van der Waals surface area contributed by atoms with Gasteiger partial charge in [-0.1, -0.05) is 70.4 Å². The SMILES string of the molecule is CCCCCC/C(=C\C=C\C(=O)N[C@H](C)CCCc1ccc(C(C)C)nc1)c1ccc(OC)cc1. The van der Waals surface area contributed by atoms with Gasteiger partial charge in [0, 0.05) is 24.0 Å². The molecule has 0 aliphatic rings. The van der Waals surface area contributed by atoms with Crippen molar-refractivity contribution in [2.24, 2.45) is 0 Å². The highest BCUT2D eigenvalue weighted by Crippen LogP contribution is 2.24. The first kappa shape index (κ1) is 28.4. The van der Waals surface area contributed by atoms with E-state index in [4.69, 9.17) is 4.74 Å². The van der Waals surface area contributed by atoms with Crippen LogP contribution in [0, 0.1) is 0 Å². The predicted octanol–water partition coefficient (Wildman–Crippen LogP) is 7.65. The second-order valence-electron chi connectivity index (χ2n) is 9.64. The highest BCUT2D eigenvalue weighted by Gasteiger charge is 2.06. The molecule has 0 aliphatic carbocycles. The lowest BCUT2D eigenvalue weighted by Gasteiger charge is -2.12. The monoisotopic (exact) mass is 476 g/mol. The lowest BCUT2D eigenvalue weighted by atomic mass is 9.98. The first-order valence-corrected chi connectivity index (χ1v) is 13.2. The standard InChI is InChI=1S/C31H44N2O2/c1-6-7-8-9-14-27(28-18-20-29(35-5)21-19-28)15-11-16-31(34)33-25(4)12-10-13-26-17-22-30(24(2)3)32-23-26/h11,15-25H,6-10,12-14H2,1-5H3,(H,33,34)/b16-11+,27-15+/t25-/m1/s1. The smallest absolute Gasteiger partial charge is 0.244 e. The van der Waals surface area contributed by atoms with Crippen LogP contribution in [0.3, 0.4) is 0 Å². The first-order chi connectivity index (χ1) is 16.9. The van der Waals surface area contributed by atoms with Gasteiger partial charge in [0.05, 0.1) is 7.11 Å². The van der Waals surface area contributed by atoms with Crippen LogP contribution in [0.1, 0.15) is 95.4 Å². The molecule has 0 radical (unpaired) electrons. The maximum atomic E-state index is 12.4. The summed E-state index contributed by atoms with van der Waals surface area (Å²) in [7, 11) is 1.68. The van der Waals surface area contributed by atoms with Gasteiger partial charge in [0.1, 0.15) is 5.75 Å². The summed E-state index contributed by atoms with van der Waals surface area (Å²) in [4.78, 5) is 17.0. The number of hydrogen-bond donors (Lipinski definition) is 1. The summed E-state index contributed by atoms with van der Waals surface area (Å²) in [5.74, 6) is 1.26. The molecule has 35 heavy (non-hydrogen) atoms. The molecular formula is C31H44N2O2. The fourth-order valence-electron chi connectivity index (χ4n) is 4.02. The minimum absolute atomic E-state index is 0.0447. The number of methoxy groups -OCH3 is 1.